The molecule has 1 aliphatic heterocycles. The van der Waals surface area contributed by atoms with Crippen LogP contribution in [0.25, 0.3) is 0 Å². The number of carbonyl (C=O) groups is 1. The molecule has 1 unspecified atom stereocenters. The Bertz CT molecular complexity index is 391. The predicted molar refractivity (Wildman–Crippen MR) is 59.1 cm³/mol. The summed E-state index contributed by atoms with van der Waals surface area (Å²) in [6.45, 7) is 2.87. The summed E-state index contributed by atoms with van der Waals surface area (Å²) in [4.78, 5) is 11.5. The molecule has 1 aromatic heterocycles. The number of halogens is 1. The van der Waals surface area contributed by atoms with Crippen LogP contribution in [0.4, 0.5) is 0 Å². The molecule has 0 saturated heterocycles. The van der Waals surface area contributed by atoms with Gasteiger partial charge in [-0.1, -0.05) is 22.5 Å². The third-order valence-corrected chi connectivity index (χ3v) is 2.24. The van der Waals surface area contributed by atoms with Gasteiger partial charge >= 0.3 is 0 Å². The standard InChI is InChI=1S/C9H12N4O2.ClH/c1-6-8(13-15-12-6)5-11-9(14)7-3-2-4-10-7;/h2-3,7,10H,4-5H2,1H3,(H,11,14);1H. The van der Waals surface area contributed by atoms with Crippen LogP contribution < -0.4 is 10.6 Å². The molecular formula is C9H13ClN4O2. The Labute approximate surface area is 98.8 Å². The Hall–Kier alpha value is -1.40. The summed E-state index contributed by atoms with van der Waals surface area (Å²) in [5, 5.41) is 13.1. The van der Waals surface area contributed by atoms with E-state index in [1.807, 2.05) is 12.2 Å². The summed E-state index contributed by atoms with van der Waals surface area (Å²) in [6.07, 6.45) is 3.76. The van der Waals surface area contributed by atoms with Crippen LogP contribution in [-0.2, 0) is 11.3 Å². The molecule has 1 aromatic rings. The second-order valence-corrected chi connectivity index (χ2v) is 3.33. The third kappa shape index (κ3) is 2.80. The molecule has 0 spiro atoms. The summed E-state index contributed by atoms with van der Waals surface area (Å²) in [6, 6.07) is -0.231. The molecule has 0 bridgehead atoms. The van der Waals surface area contributed by atoms with Crippen LogP contribution in [0.2, 0.25) is 0 Å². The first-order chi connectivity index (χ1) is 7.27. The van der Waals surface area contributed by atoms with Gasteiger partial charge in [0.15, 0.2) is 0 Å². The fourth-order valence-electron chi connectivity index (χ4n) is 1.34. The second-order valence-electron chi connectivity index (χ2n) is 3.33. The molecule has 0 fully saturated rings. The van der Waals surface area contributed by atoms with Gasteiger partial charge < -0.3 is 5.32 Å². The summed E-state index contributed by atoms with van der Waals surface area (Å²) in [5.74, 6) is -0.0637. The Morgan fingerprint density at radius 2 is 2.50 bits per heavy atom. The quantitative estimate of drug-likeness (QED) is 0.729. The lowest BCUT2D eigenvalue weighted by Gasteiger charge is -2.08. The zero-order valence-electron chi connectivity index (χ0n) is 8.77. The SMILES string of the molecule is Cc1nonc1CNC(=O)C1C=CCN1.Cl. The van der Waals surface area contributed by atoms with Crippen LogP contribution >= 0.6 is 12.4 Å². The fourth-order valence-corrected chi connectivity index (χ4v) is 1.34. The molecule has 1 atom stereocenters. The van der Waals surface area contributed by atoms with Gasteiger partial charge in [-0.3, -0.25) is 10.1 Å². The van der Waals surface area contributed by atoms with Crippen molar-refractivity contribution in [2.75, 3.05) is 6.54 Å². The summed E-state index contributed by atoms with van der Waals surface area (Å²) in [5.41, 5.74) is 1.36. The number of aromatic nitrogens is 2. The topological polar surface area (TPSA) is 80.1 Å². The lowest BCUT2D eigenvalue weighted by atomic mass is 10.3. The van der Waals surface area contributed by atoms with E-state index in [0.29, 0.717) is 17.9 Å². The van der Waals surface area contributed by atoms with E-state index in [9.17, 15) is 4.79 Å². The van der Waals surface area contributed by atoms with Gasteiger partial charge in [-0.25, -0.2) is 4.63 Å². The highest BCUT2D eigenvalue weighted by Crippen LogP contribution is 2.00. The van der Waals surface area contributed by atoms with Gasteiger partial charge in [0.25, 0.3) is 0 Å². The van der Waals surface area contributed by atoms with Crippen LogP contribution in [0.5, 0.6) is 0 Å². The van der Waals surface area contributed by atoms with E-state index in [1.165, 1.54) is 0 Å². The maximum absolute atomic E-state index is 11.5. The summed E-state index contributed by atoms with van der Waals surface area (Å²) < 4.78 is 4.52. The molecule has 0 radical (unpaired) electrons. The van der Waals surface area contributed by atoms with Crippen molar-refractivity contribution in [1.29, 1.82) is 0 Å². The number of carbonyl (C=O) groups excluding carboxylic acids is 1. The van der Waals surface area contributed by atoms with Crippen molar-refractivity contribution < 1.29 is 9.42 Å². The van der Waals surface area contributed by atoms with Gasteiger partial charge in [-0.05, 0) is 6.92 Å². The first-order valence-corrected chi connectivity index (χ1v) is 4.73. The van der Waals surface area contributed by atoms with E-state index in [0.717, 1.165) is 6.54 Å². The lowest BCUT2D eigenvalue weighted by Crippen LogP contribution is -2.40. The van der Waals surface area contributed by atoms with Gasteiger partial charge in [0.1, 0.15) is 17.4 Å². The molecule has 0 aromatic carbocycles. The molecule has 1 aliphatic rings. The number of nitrogens with one attached hydrogen (secondary N) is 2. The van der Waals surface area contributed by atoms with Crippen LogP contribution in [0.15, 0.2) is 16.8 Å². The average Bonchev–Trinajstić information content (AvgIpc) is 2.85. The zero-order chi connectivity index (χ0) is 10.7. The molecule has 88 valence electrons. The Morgan fingerprint density at radius 3 is 3.06 bits per heavy atom. The maximum Gasteiger partial charge on any atom is 0.241 e. The van der Waals surface area contributed by atoms with Crippen molar-refractivity contribution in [2.45, 2.75) is 19.5 Å². The molecule has 7 heteroatoms. The Kier molecular flexibility index (Phi) is 4.45. The maximum atomic E-state index is 11.5. The van der Waals surface area contributed by atoms with Crippen LogP contribution in [0.1, 0.15) is 11.4 Å². The molecular weight excluding hydrogens is 232 g/mol. The number of rotatable bonds is 3. The number of nitrogens with zero attached hydrogens (tertiary/aromatic N) is 2. The minimum atomic E-state index is -0.231. The molecule has 6 nitrogen and oxygen atoms in total. The van der Waals surface area contributed by atoms with Gasteiger partial charge in [0.2, 0.25) is 5.91 Å². The van der Waals surface area contributed by atoms with E-state index >= 15 is 0 Å². The van der Waals surface area contributed by atoms with Crippen molar-refractivity contribution in [1.82, 2.24) is 20.9 Å². The normalized spacial score (nSPS) is 18.2. The number of aryl methyl sites for hydroxylation is 1. The van der Waals surface area contributed by atoms with Gasteiger partial charge in [-0.2, -0.15) is 0 Å². The van der Waals surface area contributed by atoms with Crippen LogP contribution in [-0.4, -0.2) is 28.8 Å². The molecule has 2 heterocycles. The molecule has 0 aliphatic carbocycles. The monoisotopic (exact) mass is 244 g/mol. The van der Waals surface area contributed by atoms with Gasteiger partial charge in [0, 0.05) is 6.54 Å². The Balaban J connectivity index is 0.00000128. The first-order valence-electron chi connectivity index (χ1n) is 4.73. The molecule has 2 rings (SSSR count). The van der Waals surface area contributed by atoms with Crippen LogP contribution in [0, 0.1) is 6.92 Å². The van der Waals surface area contributed by atoms with E-state index in [-0.39, 0.29) is 24.4 Å². The fraction of sp³-hybridized carbons (Fsp3) is 0.444. The number of hydrogen-bond donors (Lipinski definition) is 2. The van der Waals surface area contributed by atoms with E-state index < -0.39 is 0 Å². The van der Waals surface area contributed by atoms with Crippen molar-refractivity contribution in [3.8, 4) is 0 Å². The first kappa shape index (κ1) is 12.7. The molecule has 1 amide bonds. The minimum Gasteiger partial charge on any atom is -0.349 e. The summed E-state index contributed by atoms with van der Waals surface area (Å²) >= 11 is 0. The van der Waals surface area contributed by atoms with E-state index in [1.54, 1.807) is 6.92 Å². The zero-order valence-corrected chi connectivity index (χ0v) is 9.58. The second kappa shape index (κ2) is 5.62. The highest BCUT2D eigenvalue weighted by atomic mass is 35.5. The molecule has 16 heavy (non-hydrogen) atoms. The predicted octanol–water partition coefficient (Wildman–Crippen LogP) is -0.0560. The van der Waals surface area contributed by atoms with Crippen LogP contribution in [0.3, 0.4) is 0 Å². The van der Waals surface area contributed by atoms with Gasteiger partial charge in [-0.15, -0.1) is 12.4 Å². The third-order valence-electron chi connectivity index (χ3n) is 2.24. The minimum absolute atomic E-state index is 0. The lowest BCUT2D eigenvalue weighted by molar-refractivity contribution is -0.122. The summed E-state index contributed by atoms with van der Waals surface area (Å²) in [7, 11) is 0. The molecule has 2 N–H and O–H groups in total. The largest absolute Gasteiger partial charge is 0.349 e. The van der Waals surface area contributed by atoms with Crippen molar-refractivity contribution >= 4 is 18.3 Å². The van der Waals surface area contributed by atoms with Crippen molar-refractivity contribution in [3.63, 3.8) is 0 Å². The van der Waals surface area contributed by atoms with Crippen molar-refractivity contribution in [3.05, 3.63) is 23.5 Å². The number of hydrogen-bond acceptors (Lipinski definition) is 5. The average molecular weight is 245 g/mol. The Morgan fingerprint density at radius 1 is 1.69 bits per heavy atom. The van der Waals surface area contributed by atoms with E-state index in [2.05, 4.69) is 25.6 Å². The smallest absolute Gasteiger partial charge is 0.241 e. The van der Waals surface area contributed by atoms with Gasteiger partial charge in [0.05, 0.1) is 6.54 Å². The highest BCUT2D eigenvalue weighted by molar-refractivity contribution is 5.85. The molecule has 0 saturated carbocycles. The highest BCUT2D eigenvalue weighted by Gasteiger charge is 2.17. The van der Waals surface area contributed by atoms with Crippen molar-refractivity contribution in [2.24, 2.45) is 0 Å². The van der Waals surface area contributed by atoms with E-state index in [4.69, 9.17) is 0 Å². The number of amides is 1.